The van der Waals surface area contributed by atoms with Crippen LogP contribution in [0.25, 0.3) is 0 Å². The standard InChI is InChI=1S/C16H18N2O2S/c1-4-20-16(19)14-9-17-15(18-12(14)3)10-21-13-7-5-6-11(2)8-13/h5-9H,4,10H2,1-3H3. The Bertz CT molecular complexity index is 644. The summed E-state index contributed by atoms with van der Waals surface area (Å²) in [7, 11) is 0. The van der Waals surface area contributed by atoms with E-state index in [-0.39, 0.29) is 5.97 Å². The Hall–Kier alpha value is -1.88. The Balaban J connectivity index is 2.05. The zero-order chi connectivity index (χ0) is 15.2. The van der Waals surface area contributed by atoms with Crippen molar-refractivity contribution in [3.8, 4) is 0 Å². The highest BCUT2D eigenvalue weighted by molar-refractivity contribution is 7.98. The molecule has 0 unspecified atom stereocenters. The molecule has 1 heterocycles. The number of nitrogens with zero attached hydrogens (tertiary/aromatic N) is 2. The van der Waals surface area contributed by atoms with Crippen LogP contribution in [0.4, 0.5) is 0 Å². The lowest BCUT2D eigenvalue weighted by Gasteiger charge is -2.06. The van der Waals surface area contributed by atoms with Crippen LogP contribution in [0, 0.1) is 13.8 Å². The zero-order valence-electron chi connectivity index (χ0n) is 12.4. The van der Waals surface area contributed by atoms with Gasteiger partial charge in [-0.25, -0.2) is 14.8 Å². The second-order valence-electron chi connectivity index (χ2n) is 4.61. The van der Waals surface area contributed by atoms with Crippen molar-refractivity contribution in [3.63, 3.8) is 0 Å². The number of hydrogen-bond donors (Lipinski definition) is 0. The lowest BCUT2D eigenvalue weighted by atomic mass is 10.2. The van der Waals surface area contributed by atoms with Crippen LogP contribution in [-0.2, 0) is 10.5 Å². The Kier molecular flexibility index (Phi) is 5.33. The van der Waals surface area contributed by atoms with Gasteiger partial charge in [-0.2, -0.15) is 0 Å². The molecule has 0 radical (unpaired) electrons. The van der Waals surface area contributed by atoms with Gasteiger partial charge in [0.25, 0.3) is 0 Å². The van der Waals surface area contributed by atoms with Crippen molar-refractivity contribution in [2.24, 2.45) is 0 Å². The van der Waals surface area contributed by atoms with Crippen molar-refractivity contribution in [2.45, 2.75) is 31.4 Å². The van der Waals surface area contributed by atoms with Gasteiger partial charge >= 0.3 is 5.97 Å². The van der Waals surface area contributed by atoms with Crippen LogP contribution in [0.3, 0.4) is 0 Å². The van der Waals surface area contributed by atoms with Crippen LogP contribution in [0.5, 0.6) is 0 Å². The summed E-state index contributed by atoms with van der Waals surface area (Å²) in [4.78, 5) is 21.5. The van der Waals surface area contributed by atoms with Crippen molar-refractivity contribution < 1.29 is 9.53 Å². The molecule has 2 aromatic rings. The van der Waals surface area contributed by atoms with Gasteiger partial charge in [-0.05, 0) is 32.9 Å². The van der Waals surface area contributed by atoms with Crippen LogP contribution in [0.15, 0.2) is 35.4 Å². The molecule has 1 aromatic heterocycles. The van der Waals surface area contributed by atoms with E-state index >= 15 is 0 Å². The zero-order valence-corrected chi connectivity index (χ0v) is 13.2. The van der Waals surface area contributed by atoms with Gasteiger partial charge in [0.1, 0.15) is 5.82 Å². The van der Waals surface area contributed by atoms with Crippen molar-refractivity contribution in [2.75, 3.05) is 6.61 Å². The van der Waals surface area contributed by atoms with Gasteiger partial charge in [0.05, 0.1) is 23.6 Å². The normalized spacial score (nSPS) is 10.4. The molecular weight excluding hydrogens is 284 g/mol. The Morgan fingerprint density at radius 3 is 2.81 bits per heavy atom. The average Bonchev–Trinajstić information content (AvgIpc) is 2.45. The summed E-state index contributed by atoms with van der Waals surface area (Å²) in [5.74, 6) is 1.02. The quantitative estimate of drug-likeness (QED) is 0.624. The number of aromatic nitrogens is 2. The first-order valence-electron chi connectivity index (χ1n) is 6.79. The molecule has 21 heavy (non-hydrogen) atoms. The van der Waals surface area contributed by atoms with Gasteiger partial charge in [-0.3, -0.25) is 0 Å². The predicted molar refractivity (Wildman–Crippen MR) is 83.5 cm³/mol. The summed E-state index contributed by atoms with van der Waals surface area (Å²) in [5, 5.41) is 0. The molecule has 2 rings (SSSR count). The molecule has 0 saturated carbocycles. The van der Waals surface area contributed by atoms with Crippen molar-refractivity contribution >= 4 is 17.7 Å². The minimum absolute atomic E-state index is 0.350. The van der Waals surface area contributed by atoms with Gasteiger partial charge in [-0.1, -0.05) is 17.7 Å². The lowest BCUT2D eigenvalue weighted by molar-refractivity contribution is 0.0524. The lowest BCUT2D eigenvalue weighted by Crippen LogP contribution is -2.10. The van der Waals surface area contributed by atoms with E-state index in [0.29, 0.717) is 29.4 Å². The molecule has 1 aromatic carbocycles. The smallest absolute Gasteiger partial charge is 0.341 e. The second-order valence-corrected chi connectivity index (χ2v) is 5.66. The van der Waals surface area contributed by atoms with Gasteiger partial charge in [0.15, 0.2) is 0 Å². The van der Waals surface area contributed by atoms with Crippen LogP contribution < -0.4 is 0 Å². The fraction of sp³-hybridized carbons (Fsp3) is 0.312. The first-order chi connectivity index (χ1) is 10.1. The monoisotopic (exact) mass is 302 g/mol. The maximum atomic E-state index is 11.7. The van der Waals surface area contributed by atoms with Gasteiger partial charge in [-0.15, -0.1) is 11.8 Å². The van der Waals surface area contributed by atoms with E-state index in [0.717, 1.165) is 0 Å². The van der Waals surface area contributed by atoms with E-state index in [1.54, 1.807) is 31.8 Å². The maximum Gasteiger partial charge on any atom is 0.341 e. The molecular formula is C16H18N2O2S. The van der Waals surface area contributed by atoms with Gasteiger partial charge in [0.2, 0.25) is 0 Å². The molecule has 0 atom stereocenters. The summed E-state index contributed by atoms with van der Waals surface area (Å²) in [6.45, 7) is 6.00. The SMILES string of the molecule is CCOC(=O)c1cnc(CSc2cccc(C)c2)nc1C. The summed E-state index contributed by atoms with van der Waals surface area (Å²) in [5.41, 5.74) is 2.32. The molecule has 0 spiro atoms. The van der Waals surface area contributed by atoms with E-state index in [2.05, 4.69) is 35.1 Å². The molecule has 0 aliphatic heterocycles. The number of carbonyl (C=O) groups is 1. The Morgan fingerprint density at radius 2 is 2.14 bits per heavy atom. The summed E-state index contributed by atoms with van der Waals surface area (Å²) >= 11 is 1.68. The van der Waals surface area contributed by atoms with E-state index in [9.17, 15) is 4.79 Å². The largest absolute Gasteiger partial charge is 0.462 e. The number of benzene rings is 1. The Morgan fingerprint density at radius 1 is 1.33 bits per heavy atom. The van der Waals surface area contributed by atoms with E-state index in [1.807, 2.05) is 6.07 Å². The minimum atomic E-state index is -0.368. The van der Waals surface area contributed by atoms with Crippen molar-refractivity contribution in [3.05, 3.63) is 53.1 Å². The number of carbonyl (C=O) groups excluding carboxylic acids is 1. The highest BCUT2D eigenvalue weighted by Gasteiger charge is 2.12. The third-order valence-electron chi connectivity index (χ3n) is 2.88. The Labute approximate surface area is 129 Å². The highest BCUT2D eigenvalue weighted by atomic mass is 32.2. The molecule has 0 aliphatic carbocycles. The van der Waals surface area contributed by atoms with Crippen molar-refractivity contribution in [1.29, 1.82) is 0 Å². The highest BCUT2D eigenvalue weighted by Crippen LogP contribution is 2.22. The number of thioether (sulfide) groups is 1. The first-order valence-corrected chi connectivity index (χ1v) is 7.78. The molecule has 4 nitrogen and oxygen atoms in total. The van der Waals surface area contributed by atoms with Crippen molar-refractivity contribution in [1.82, 2.24) is 9.97 Å². The number of ether oxygens (including phenoxy) is 1. The molecule has 0 aliphatic rings. The minimum Gasteiger partial charge on any atom is -0.462 e. The van der Waals surface area contributed by atoms with Crippen LogP contribution in [-0.4, -0.2) is 22.5 Å². The fourth-order valence-corrected chi connectivity index (χ4v) is 2.73. The number of hydrogen-bond acceptors (Lipinski definition) is 5. The van der Waals surface area contributed by atoms with E-state index < -0.39 is 0 Å². The first kappa shape index (κ1) is 15.5. The topological polar surface area (TPSA) is 52.1 Å². The predicted octanol–water partition coefficient (Wildman–Crippen LogP) is 3.56. The fourth-order valence-electron chi connectivity index (χ4n) is 1.85. The molecule has 0 N–H and O–H groups in total. The third-order valence-corrected chi connectivity index (χ3v) is 3.87. The summed E-state index contributed by atoms with van der Waals surface area (Å²) < 4.78 is 4.97. The average molecular weight is 302 g/mol. The number of aryl methyl sites for hydroxylation is 2. The number of esters is 1. The summed E-state index contributed by atoms with van der Waals surface area (Å²) in [6, 6.07) is 8.30. The molecule has 0 fully saturated rings. The second kappa shape index (κ2) is 7.22. The van der Waals surface area contributed by atoms with E-state index in [1.165, 1.54) is 10.5 Å². The molecule has 0 amide bonds. The van der Waals surface area contributed by atoms with Crippen LogP contribution in [0.1, 0.15) is 34.4 Å². The maximum absolute atomic E-state index is 11.7. The summed E-state index contributed by atoms with van der Waals surface area (Å²) in [6.07, 6.45) is 1.55. The number of rotatable bonds is 5. The molecule has 5 heteroatoms. The van der Waals surface area contributed by atoms with Crippen LogP contribution >= 0.6 is 11.8 Å². The van der Waals surface area contributed by atoms with Gasteiger partial charge < -0.3 is 4.74 Å². The molecule has 0 saturated heterocycles. The molecule has 110 valence electrons. The van der Waals surface area contributed by atoms with Gasteiger partial charge in [0, 0.05) is 11.1 Å². The molecule has 0 bridgehead atoms. The van der Waals surface area contributed by atoms with Crippen LogP contribution in [0.2, 0.25) is 0 Å². The van der Waals surface area contributed by atoms with E-state index in [4.69, 9.17) is 4.74 Å². The third kappa shape index (κ3) is 4.29.